The van der Waals surface area contributed by atoms with Gasteiger partial charge in [-0.25, -0.2) is 4.98 Å². The van der Waals surface area contributed by atoms with Crippen LogP contribution in [0.5, 0.6) is 11.5 Å². The van der Waals surface area contributed by atoms with Crippen molar-refractivity contribution in [2.75, 3.05) is 19.0 Å². The van der Waals surface area contributed by atoms with E-state index in [2.05, 4.69) is 16.4 Å². The first-order chi connectivity index (χ1) is 10.7. The van der Waals surface area contributed by atoms with Gasteiger partial charge in [0.15, 0.2) is 11.5 Å². The first-order valence-corrected chi connectivity index (χ1v) is 7.11. The van der Waals surface area contributed by atoms with Crippen LogP contribution in [0.2, 0.25) is 0 Å². The average molecular weight is 297 g/mol. The monoisotopic (exact) mass is 297 g/mol. The largest absolute Gasteiger partial charge is 0.493 e. The fraction of sp³-hybridized carbons (Fsp3) is 0.294. The number of hydrogen-bond acceptors (Lipinski definition) is 5. The van der Waals surface area contributed by atoms with E-state index < -0.39 is 0 Å². The highest BCUT2D eigenvalue weighted by atomic mass is 16.5. The minimum atomic E-state index is 0.0463. The van der Waals surface area contributed by atoms with Crippen LogP contribution in [0.15, 0.2) is 36.5 Å². The lowest BCUT2D eigenvalue weighted by molar-refractivity contribution is 0.310. The summed E-state index contributed by atoms with van der Waals surface area (Å²) in [4.78, 5) is 4.22. The summed E-state index contributed by atoms with van der Waals surface area (Å²) < 4.78 is 10.9. The zero-order valence-corrected chi connectivity index (χ0v) is 13.0. The molecule has 2 rings (SSSR count). The second kappa shape index (κ2) is 7.32. The van der Waals surface area contributed by atoms with Crippen molar-refractivity contribution in [1.82, 2.24) is 4.98 Å². The molecule has 114 valence electrons. The molecule has 2 aromatic rings. The summed E-state index contributed by atoms with van der Waals surface area (Å²) in [5, 5.41) is 12.1. The van der Waals surface area contributed by atoms with Crippen molar-refractivity contribution in [3.05, 3.63) is 47.7 Å². The van der Waals surface area contributed by atoms with Crippen LogP contribution in [0.3, 0.4) is 0 Å². The Morgan fingerprint density at radius 3 is 2.68 bits per heavy atom. The van der Waals surface area contributed by atoms with Crippen molar-refractivity contribution in [2.24, 2.45) is 0 Å². The van der Waals surface area contributed by atoms with Gasteiger partial charge in [0.25, 0.3) is 0 Å². The molecule has 0 radical (unpaired) electrons. The van der Waals surface area contributed by atoms with Crippen LogP contribution in [-0.4, -0.2) is 18.7 Å². The van der Waals surface area contributed by atoms with Crippen LogP contribution in [0, 0.1) is 11.3 Å². The average Bonchev–Trinajstić information content (AvgIpc) is 2.56. The minimum Gasteiger partial charge on any atom is -0.493 e. The van der Waals surface area contributed by atoms with Gasteiger partial charge in [-0.1, -0.05) is 6.07 Å². The maximum absolute atomic E-state index is 8.78. The molecule has 0 saturated carbocycles. The van der Waals surface area contributed by atoms with Crippen LogP contribution >= 0.6 is 0 Å². The van der Waals surface area contributed by atoms with Crippen molar-refractivity contribution >= 4 is 5.82 Å². The van der Waals surface area contributed by atoms with Crippen molar-refractivity contribution in [3.63, 3.8) is 0 Å². The molecule has 0 amide bonds. The summed E-state index contributed by atoms with van der Waals surface area (Å²) in [6, 6.07) is 11.5. The molecule has 0 aliphatic carbocycles. The molecule has 0 unspecified atom stereocenters. The Labute approximate surface area is 130 Å². The molecular weight excluding hydrogens is 278 g/mol. The maximum Gasteiger partial charge on any atom is 0.161 e. The Bertz CT molecular complexity index is 663. The zero-order valence-electron chi connectivity index (χ0n) is 13.0. The van der Waals surface area contributed by atoms with Gasteiger partial charge < -0.3 is 14.8 Å². The number of benzene rings is 1. The fourth-order valence-electron chi connectivity index (χ4n) is 2.08. The third-order valence-corrected chi connectivity index (χ3v) is 3.24. The molecule has 5 heteroatoms. The van der Waals surface area contributed by atoms with Gasteiger partial charge in [-0.3, -0.25) is 0 Å². The quantitative estimate of drug-likeness (QED) is 0.883. The lowest BCUT2D eigenvalue weighted by atomic mass is 10.1. The number of nitrogens with one attached hydrogen (secondary N) is 1. The van der Waals surface area contributed by atoms with Crippen LogP contribution < -0.4 is 14.8 Å². The highest BCUT2D eigenvalue weighted by molar-refractivity contribution is 5.46. The number of methoxy groups -OCH3 is 1. The number of hydrogen-bond donors (Lipinski definition) is 1. The second-order valence-electron chi connectivity index (χ2n) is 4.75. The standard InChI is InChI=1S/C17H19N3O2/c1-4-22-15-7-6-14(9-16(15)21-3)12(2)20-17-8-5-13(10-18)11-19-17/h5-9,11-12H,4H2,1-3H3,(H,19,20)/t12-/m1/s1. The van der Waals surface area contributed by atoms with Crippen LogP contribution in [0.25, 0.3) is 0 Å². The summed E-state index contributed by atoms with van der Waals surface area (Å²) in [7, 11) is 1.63. The van der Waals surface area contributed by atoms with Gasteiger partial charge in [-0.2, -0.15) is 5.26 Å². The van der Waals surface area contributed by atoms with E-state index in [9.17, 15) is 0 Å². The molecule has 1 aromatic heterocycles. The normalized spacial score (nSPS) is 11.4. The number of anilines is 1. The molecule has 5 nitrogen and oxygen atoms in total. The van der Waals surface area contributed by atoms with Crippen molar-refractivity contribution < 1.29 is 9.47 Å². The van der Waals surface area contributed by atoms with E-state index in [-0.39, 0.29) is 6.04 Å². The summed E-state index contributed by atoms with van der Waals surface area (Å²) in [5.74, 6) is 2.16. The van der Waals surface area contributed by atoms with Crippen LogP contribution in [-0.2, 0) is 0 Å². The van der Waals surface area contributed by atoms with E-state index in [1.54, 1.807) is 25.4 Å². The van der Waals surface area contributed by atoms with Gasteiger partial charge >= 0.3 is 0 Å². The Morgan fingerprint density at radius 1 is 1.27 bits per heavy atom. The molecule has 0 saturated heterocycles. The van der Waals surface area contributed by atoms with E-state index in [1.807, 2.05) is 32.0 Å². The van der Waals surface area contributed by atoms with Gasteiger partial charge in [0.2, 0.25) is 0 Å². The summed E-state index contributed by atoms with van der Waals surface area (Å²) in [6.45, 7) is 4.57. The van der Waals surface area contributed by atoms with Crippen molar-refractivity contribution in [1.29, 1.82) is 5.26 Å². The van der Waals surface area contributed by atoms with Crippen molar-refractivity contribution in [3.8, 4) is 17.6 Å². The van der Waals surface area contributed by atoms with Gasteiger partial charge in [-0.15, -0.1) is 0 Å². The predicted octanol–water partition coefficient (Wildman–Crippen LogP) is 3.53. The molecular formula is C17H19N3O2. The number of aromatic nitrogens is 1. The number of nitrogens with zero attached hydrogens (tertiary/aromatic N) is 2. The minimum absolute atomic E-state index is 0.0463. The Morgan fingerprint density at radius 2 is 2.09 bits per heavy atom. The molecule has 0 bridgehead atoms. The first kappa shape index (κ1) is 15.6. The molecule has 1 heterocycles. The van der Waals surface area contributed by atoms with Crippen molar-refractivity contribution in [2.45, 2.75) is 19.9 Å². The SMILES string of the molecule is CCOc1ccc([C@@H](C)Nc2ccc(C#N)cn2)cc1OC. The summed E-state index contributed by atoms with van der Waals surface area (Å²) in [5.41, 5.74) is 1.60. The molecule has 0 fully saturated rings. The lowest BCUT2D eigenvalue weighted by Gasteiger charge is -2.17. The topological polar surface area (TPSA) is 67.2 Å². The van der Waals surface area contributed by atoms with Gasteiger partial charge in [0, 0.05) is 6.20 Å². The third kappa shape index (κ3) is 3.67. The number of rotatable bonds is 6. The molecule has 0 spiro atoms. The number of ether oxygens (including phenoxy) is 2. The van der Waals surface area contributed by atoms with E-state index in [1.165, 1.54) is 0 Å². The molecule has 0 aliphatic heterocycles. The smallest absolute Gasteiger partial charge is 0.161 e. The van der Waals surface area contributed by atoms with E-state index >= 15 is 0 Å². The first-order valence-electron chi connectivity index (χ1n) is 7.11. The Balaban J connectivity index is 2.14. The van der Waals surface area contributed by atoms with Gasteiger partial charge in [0.05, 0.1) is 25.3 Å². The van der Waals surface area contributed by atoms with E-state index in [0.717, 1.165) is 17.1 Å². The van der Waals surface area contributed by atoms with E-state index in [0.29, 0.717) is 17.9 Å². The van der Waals surface area contributed by atoms with Crippen LogP contribution in [0.4, 0.5) is 5.82 Å². The fourth-order valence-corrected chi connectivity index (χ4v) is 2.08. The molecule has 1 atom stereocenters. The highest BCUT2D eigenvalue weighted by Crippen LogP contribution is 2.31. The number of nitriles is 1. The van der Waals surface area contributed by atoms with Crippen LogP contribution in [0.1, 0.15) is 31.0 Å². The third-order valence-electron chi connectivity index (χ3n) is 3.24. The Kier molecular flexibility index (Phi) is 5.21. The zero-order chi connectivity index (χ0) is 15.9. The molecule has 22 heavy (non-hydrogen) atoms. The molecule has 0 aliphatic rings. The van der Waals surface area contributed by atoms with E-state index in [4.69, 9.17) is 14.7 Å². The maximum atomic E-state index is 8.78. The molecule has 1 aromatic carbocycles. The van der Waals surface area contributed by atoms with Gasteiger partial charge in [-0.05, 0) is 43.7 Å². The summed E-state index contributed by atoms with van der Waals surface area (Å²) >= 11 is 0. The molecule has 1 N–H and O–H groups in total. The highest BCUT2D eigenvalue weighted by Gasteiger charge is 2.11. The number of pyridine rings is 1. The van der Waals surface area contributed by atoms with Gasteiger partial charge in [0.1, 0.15) is 11.9 Å². The lowest BCUT2D eigenvalue weighted by Crippen LogP contribution is -2.08. The summed E-state index contributed by atoms with van der Waals surface area (Å²) in [6.07, 6.45) is 1.55. The second-order valence-corrected chi connectivity index (χ2v) is 4.75. The Hall–Kier alpha value is -2.74. The predicted molar refractivity (Wildman–Crippen MR) is 85.2 cm³/mol.